The molecule has 0 saturated carbocycles. The molecule has 0 aliphatic rings. The van der Waals surface area contributed by atoms with Crippen LogP contribution in [-0.4, -0.2) is 18.9 Å². The Labute approximate surface area is 172 Å². The van der Waals surface area contributed by atoms with E-state index in [1.165, 1.54) is 6.08 Å². The largest absolute Gasteiger partial charge is 0.355 e. The molecule has 3 aromatic rings. The van der Waals surface area contributed by atoms with Crippen molar-refractivity contribution in [3.8, 4) is 0 Å². The maximum Gasteiger partial charge on any atom is 0.251 e. The van der Waals surface area contributed by atoms with Gasteiger partial charge in [-0.15, -0.1) is 11.3 Å². The number of halogens is 1. The van der Waals surface area contributed by atoms with Crippen LogP contribution in [0.5, 0.6) is 0 Å². The normalized spacial score (nSPS) is 11.9. The maximum atomic E-state index is 12.5. The van der Waals surface area contributed by atoms with E-state index in [-0.39, 0.29) is 17.9 Å². The molecule has 1 heterocycles. The highest BCUT2D eigenvalue weighted by Crippen LogP contribution is 2.27. The van der Waals surface area contributed by atoms with Gasteiger partial charge in [0.05, 0.1) is 6.04 Å². The first-order valence-electron chi connectivity index (χ1n) is 8.66. The molecule has 2 aromatic carbocycles. The van der Waals surface area contributed by atoms with Gasteiger partial charge in [0, 0.05) is 28.6 Å². The summed E-state index contributed by atoms with van der Waals surface area (Å²) in [4.78, 5) is 25.1. The predicted octanol–water partition coefficient (Wildman–Crippen LogP) is 4.68. The second-order valence-electron chi connectivity index (χ2n) is 6.04. The number of hydrogen-bond acceptors (Lipinski definition) is 3. The molecule has 0 radical (unpaired) electrons. The summed E-state index contributed by atoms with van der Waals surface area (Å²) < 4.78 is 0. The highest BCUT2D eigenvalue weighted by molar-refractivity contribution is 7.10. The van der Waals surface area contributed by atoms with Crippen molar-refractivity contribution in [1.29, 1.82) is 0 Å². The summed E-state index contributed by atoms with van der Waals surface area (Å²) in [6.07, 6.45) is 3.21. The van der Waals surface area contributed by atoms with E-state index < -0.39 is 0 Å². The number of hydrogen-bond donors (Lipinski definition) is 2. The summed E-state index contributed by atoms with van der Waals surface area (Å²) in [5.41, 5.74) is 2.37. The SMILES string of the molecule is CNC(=O)c1ccc(/C=C/C(=O)NC(c2ccc(Cl)cc2)c2cccs2)cc1. The molecule has 6 heteroatoms. The van der Waals surface area contributed by atoms with Crippen LogP contribution in [0.4, 0.5) is 0 Å². The number of nitrogens with one attached hydrogen (secondary N) is 2. The van der Waals surface area contributed by atoms with Crippen LogP contribution in [0.25, 0.3) is 6.08 Å². The van der Waals surface area contributed by atoms with Gasteiger partial charge in [0.25, 0.3) is 5.91 Å². The van der Waals surface area contributed by atoms with Crippen LogP contribution >= 0.6 is 22.9 Å². The summed E-state index contributed by atoms with van der Waals surface area (Å²) in [7, 11) is 1.59. The second-order valence-corrected chi connectivity index (χ2v) is 7.46. The van der Waals surface area contributed by atoms with Gasteiger partial charge < -0.3 is 10.6 Å². The van der Waals surface area contributed by atoms with Gasteiger partial charge >= 0.3 is 0 Å². The summed E-state index contributed by atoms with van der Waals surface area (Å²) in [6.45, 7) is 0. The number of benzene rings is 2. The smallest absolute Gasteiger partial charge is 0.251 e. The van der Waals surface area contributed by atoms with Crippen LogP contribution in [0.15, 0.2) is 72.1 Å². The lowest BCUT2D eigenvalue weighted by molar-refractivity contribution is -0.116. The minimum Gasteiger partial charge on any atom is -0.355 e. The van der Waals surface area contributed by atoms with Crippen molar-refractivity contribution < 1.29 is 9.59 Å². The first-order chi connectivity index (χ1) is 13.6. The Kier molecular flexibility index (Phi) is 6.63. The van der Waals surface area contributed by atoms with E-state index in [9.17, 15) is 9.59 Å². The van der Waals surface area contributed by atoms with Gasteiger partial charge in [-0.05, 0) is 52.9 Å². The van der Waals surface area contributed by atoms with E-state index in [1.807, 2.05) is 41.8 Å². The quantitative estimate of drug-likeness (QED) is 0.579. The van der Waals surface area contributed by atoms with Gasteiger partial charge in [-0.2, -0.15) is 0 Å². The van der Waals surface area contributed by atoms with Crippen LogP contribution < -0.4 is 10.6 Å². The van der Waals surface area contributed by atoms with Gasteiger partial charge in [0.1, 0.15) is 0 Å². The van der Waals surface area contributed by atoms with E-state index in [0.717, 1.165) is 16.0 Å². The third-order valence-electron chi connectivity index (χ3n) is 4.14. The Morgan fingerprint density at radius 3 is 2.36 bits per heavy atom. The van der Waals surface area contributed by atoms with Gasteiger partial charge in [-0.25, -0.2) is 0 Å². The fourth-order valence-corrected chi connectivity index (χ4v) is 3.61. The molecule has 0 aliphatic heterocycles. The fraction of sp³-hybridized carbons (Fsp3) is 0.0909. The molecule has 0 bridgehead atoms. The van der Waals surface area contributed by atoms with Crippen molar-refractivity contribution in [1.82, 2.24) is 10.6 Å². The molecule has 2 amide bonds. The van der Waals surface area contributed by atoms with Crippen molar-refractivity contribution in [2.45, 2.75) is 6.04 Å². The van der Waals surface area contributed by atoms with E-state index in [4.69, 9.17) is 11.6 Å². The molecule has 1 aromatic heterocycles. The Morgan fingerprint density at radius 2 is 1.75 bits per heavy atom. The van der Waals surface area contributed by atoms with E-state index in [0.29, 0.717) is 10.6 Å². The number of amides is 2. The van der Waals surface area contributed by atoms with Crippen molar-refractivity contribution in [3.63, 3.8) is 0 Å². The van der Waals surface area contributed by atoms with Crippen molar-refractivity contribution in [2.75, 3.05) is 7.05 Å². The summed E-state index contributed by atoms with van der Waals surface area (Å²) in [5, 5.41) is 8.25. The minimum absolute atomic E-state index is 0.143. The molecule has 2 N–H and O–H groups in total. The van der Waals surface area contributed by atoms with Gasteiger partial charge in [-0.3, -0.25) is 9.59 Å². The standard InChI is InChI=1S/C22H19ClN2O2S/c1-24-22(27)17-7-4-15(5-8-17)6-13-20(26)25-21(19-3-2-14-28-19)16-9-11-18(23)12-10-16/h2-14,21H,1H3,(H,24,27)(H,25,26)/b13-6+. The third-order valence-corrected chi connectivity index (χ3v) is 5.33. The van der Waals surface area contributed by atoms with Crippen LogP contribution in [0.3, 0.4) is 0 Å². The first kappa shape index (κ1) is 19.9. The highest BCUT2D eigenvalue weighted by atomic mass is 35.5. The Hall–Kier alpha value is -2.89. The zero-order valence-corrected chi connectivity index (χ0v) is 16.8. The Bertz CT molecular complexity index is 965. The molecule has 1 unspecified atom stereocenters. The van der Waals surface area contributed by atoms with Gasteiger partial charge in [0.15, 0.2) is 0 Å². The minimum atomic E-state index is -0.245. The van der Waals surface area contributed by atoms with Gasteiger partial charge in [0.2, 0.25) is 5.91 Å². The van der Waals surface area contributed by atoms with Gasteiger partial charge in [-0.1, -0.05) is 41.9 Å². The highest BCUT2D eigenvalue weighted by Gasteiger charge is 2.16. The molecule has 0 saturated heterocycles. The molecular weight excluding hydrogens is 392 g/mol. The molecule has 0 spiro atoms. The lowest BCUT2D eigenvalue weighted by Gasteiger charge is -2.17. The number of carbonyl (C=O) groups excluding carboxylic acids is 2. The maximum absolute atomic E-state index is 12.5. The van der Waals surface area contributed by atoms with Crippen LogP contribution in [0.1, 0.15) is 32.4 Å². The van der Waals surface area contributed by atoms with Crippen LogP contribution in [0.2, 0.25) is 5.02 Å². The Balaban J connectivity index is 1.72. The molecule has 0 fully saturated rings. The molecule has 3 rings (SSSR count). The zero-order valence-electron chi connectivity index (χ0n) is 15.2. The average molecular weight is 411 g/mol. The topological polar surface area (TPSA) is 58.2 Å². The van der Waals surface area contributed by atoms with E-state index in [2.05, 4.69) is 10.6 Å². The van der Waals surface area contributed by atoms with Crippen molar-refractivity contribution in [2.24, 2.45) is 0 Å². The lowest BCUT2D eigenvalue weighted by atomic mass is 10.1. The summed E-state index contributed by atoms with van der Waals surface area (Å²) in [6, 6.07) is 18.2. The average Bonchev–Trinajstić information content (AvgIpc) is 3.25. The lowest BCUT2D eigenvalue weighted by Crippen LogP contribution is -2.27. The fourth-order valence-electron chi connectivity index (χ4n) is 2.68. The van der Waals surface area contributed by atoms with Crippen LogP contribution in [-0.2, 0) is 4.79 Å². The van der Waals surface area contributed by atoms with Crippen LogP contribution in [0, 0.1) is 0 Å². The number of rotatable bonds is 6. The molecule has 4 nitrogen and oxygen atoms in total. The molecule has 1 atom stereocenters. The predicted molar refractivity (Wildman–Crippen MR) is 115 cm³/mol. The monoisotopic (exact) mass is 410 g/mol. The van der Waals surface area contributed by atoms with E-state index >= 15 is 0 Å². The third kappa shape index (κ3) is 5.09. The summed E-state index contributed by atoms with van der Waals surface area (Å²) >= 11 is 7.57. The Morgan fingerprint density at radius 1 is 1.04 bits per heavy atom. The first-order valence-corrected chi connectivity index (χ1v) is 9.92. The second kappa shape index (κ2) is 9.35. The molecular formula is C22H19ClN2O2S. The summed E-state index contributed by atoms with van der Waals surface area (Å²) in [5.74, 6) is -0.348. The molecule has 28 heavy (non-hydrogen) atoms. The zero-order chi connectivity index (χ0) is 19.9. The molecule has 0 aliphatic carbocycles. The van der Waals surface area contributed by atoms with Crippen molar-refractivity contribution in [3.05, 3.63) is 98.7 Å². The van der Waals surface area contributed by atoms with E-state index in [1.54, 1.807) is 48.7 Å². The molecule has 142 valence electrons. The van der Waals surface area contributed by atoms with Crippen molar-refractivity contribution >= 4 is 40.8 Å². The number of thiophene rings is 1. The number of carbonyl (C=O) groups is 2.